The Hall–Kier alpha value is -6.55. The number of hydrogen-bond donors (Lipinski definition) is 4. The maximum atomic E-state index is 16.0. The molecule has 0 fully saturated rings. The number of esters is 1. The Morgan fingerprint density at radius 3 is 2.07 bits per heavy atom. The molecule has 2 aromatic heterocycles. The standard InChI is InChI=1S/C39H52FN7O12S.CHF3O3S/c1-12-18-54-35(52)43-30-25(20-47(46(30)11)17-13-16-41-34(51)57-38(5,6)7)24-15-14-23(19-26(24)40)55-21-28(32(50)56-37(2,3)4)59-45-29(31(48)49)27-22-60-33(42-27)44-36(53)58-39(8,9)10;2-1(3,4)8(5,6)7/h12,14-15,19-20,22,28H,1,13,16-18,21H2,2-11H3,(H3,41,42,44,48,49,51,53);(H,5,6,7). The molecule has 1 aromatic carbocycles. The van der Waals surface area contributed by atoms with Crippen LogP contribution in [0.4, 0.5) is 42.9 Å². The van der Waals surface area contributed by atoms with Gasteiger partial charge in [-0.25, -0.2) is 41.7 Å². The number of nitrogens with zero attached hydrogens (tertiary/aromatic N) is 4. The highest BCUT2D eigenvalue weighted by molar-refractivity contribution is 7.86. The van der Waals surface area contributed by atoms with Crippen LogP contribution in [0.2, 0.25) is 0 Å². The van der Waals surface area contributed by atoms with Gasteiger partial charge in [0, 0.05) is 23.6 Å². The molecule has 0 aliphatic rings. The van der Waals surface area contributed by atoms with Gasteiger partial charge >= 0.3 is 41.5 Å². The van der Waals surface area contributed by atoms with Crippen molar-refractivity contribution in [2.24, 2.45) is 12.2 Å². The summed E-state index contributed by atoms with van der Waals surface area (Å²) in [6.45, 7) is 18.5. The summed E-state index contributed by atoms with van der Waals surface area (Å²) in [5, 5.41) is 22.6. The molecule has 3 amide bonds. The average Bonchev–Trinajstić information content (AvgIpc) is 3.74. The average molecular weight is 1010 g/mol. The molecule has 0 saturated carbocycles. The largest absolute Gasteiger partial charge is 0.741 e. The number of halogens is 4. The fraction of sp³-hybridized carbons (Fsp3) is 0.500. The number of hydrogen-bond acceptors (Lipinski definition) is 17. The van der Waals surface area contributed by atoms with Crippen molar-refractivity contribution in [3.05, 3.63) is 53.9 Å². The molecule has 22 nitrogen and oxygen atoms in total. The Morgan fingerprint density at radius 2 is 1.54 bits per heavy atom. The van der Waals surface area contributed by atoms with Crippen molar-refractivity contribution in [3.63, 3.8) is 0 Å². The van der Waals surface area contributed by atoms with Crippen molar-refractivity contribution in [1.29, 1.82) is 0 Å². The fourth-order valence-corrected chi connectivity index (χ4v) is 5.48. The predicted octanol–water partition coefficient (Wildman–Crippen LogP) is 6.22. The molecule has 0 spiro atoms. The molecule has 3 aromatic rings. The maximum Gasteiger partial charge on any atom is 0.505 e. The highest BCUT2D eigenvalue weighted by Crippen LogP contribution is 2.31. The fourth-order valence-electron chi connectivity index (χ4n) is 4.80. The van der Waals surface area contributed by atoms with Gasteiger partial charge in [-0.2, -0.15) is 28.0 Å². The first kappa shape index (κ1) is 57.6. The van der Waals surface area contributed by atoms with Gasteiger partial charge in [0.2, 0.25) is 5.71 Å². The second kappa shape index (κ2) is 23.9. The van der Waals surface area contributed by atoms with Crippen LogP contribution in [0, 0.1) is 5.82 Å². The molecule has 0 bridgehead atoms. The van der Waals surface area contributed by atoms with E-state index in [9.17, 15) is 42.3 Å². The van der Waals surface area contributed by atoms with E-state index >= 15 is 4.39 Å². The smallest absolute Gasteiger partial charge is 0.505 e. The second-order valence-electron chi connectivity index (χ2n) is 16.8. The van der Waals surface area contributed by atoms with Gasteiger partial charge in [0.1, 0.15) is 54.3 Å². The third-order valence-electron chi connectivity index (χ3n) is 7.44. The lowest BCUT2D eigenvalue weighted by atomic mass is 10.1. The van der Waals surface area contributed by atoms with Crippen molar-refractivity contribution in [2.75, 3.05) is 30.4 Å². The lowest BCUT2D eigenvalue weighted by molar-refractivity contribution is -0.740. The number of anilines is 2. The molecule has 0 aliphatic carbocycles. The number of nitrogens with one attached hydrogen (secondary N) is 3. The topological polar surface area (TPSA) is 288 Å². The van der Waals surface area contributed by atoms with E-state index in [-0.39, 0.29) is 46.7 Å². The first-order valence-electron chi connectivity index (χ1n) is 19.8. The quantitative estimate of drug-likeness (QED) is 0.0112. The molecule has 2 heterocycles. The van der Waals surface area contributed by atoms with Gasteiger partial charge < -0.3 is 43.5 Å². The normalized spacial score (nSPS) is 12.6. The zero-order chi connectivity index (χ0) is 52.0. The number of carbonyl (C=O) groups is 5. The lowest BCUT2D eigenvalue weighted by Crippen LogP contribution is -2.42. The minimum atomic E-state index is -6.09. The van der Waals surface area contributed by atoms with Crippen LogP contribution in [-0.2, 0) is 57.1 Å². The number of carbonyl (C=O) groups excluding carboxylic acids is 4. The number of amides is 3. The third-order valence-corrected chi connectivity index (χ3v) is 8.77. The van der Waals surface area contributed by atoms with E-state index in [0.29, 0.717) is 13.0 Å². The summed E-state index contributed by atoms with van der Waals surface area (Å²) in [6, 6.07) is 3.85. The number of alkyl carbamates (subject to hydrolysis) is 1. The molecule has 0 saturated heterocycles. The summed E-state index contributed by atoms with van der Waals surface area (Å²) in [5.41, 5.74) is -8.66. The predicted molar refractivity (Wildman–Crippen MR) is 233 cm³/mol. The van der Waals surface area contributed by atoms with Crippen molar-refractivity contribution in [2.45, 2.75) is 104 Å². The molecule has 0 radical (unpaired) electrons. The summed E-state index contributed by atoms with van der Waals surface area (Å²) >= 11 is 0.896. The molecule has 1 unspecified atom stereocenters. The summed E-state index contributed by atoms with van der Waals surface area (Å²) in [6.07, 6.45) is -0.388. The number of alkyl halides is 3. The molecule has 4 N–H and O–H groups in total. The SMILES string of the molecule is C=CCOC(=O)Nc1c(-c2ccc(OCC(ON=C(C(=O)O)c3csc(NC(=O)OC(C)(C)C)n3)C(=O)OC(C)(C)C)cc2F)cn(CCCNC(=O)OC(C)(C)C)[n+]1C.O=S(=O)([O-])C(F)(F)F. The van der Waals surface area contributed by atoms with E-state index in [4.69, 9.17) is 41.5 Å². The van der Waals surface area contributed by atoms with Crippen LogP contribution in [0.15, 0.2) is 47.6 Å². The summed E-state index contributed by atoms with van der Waals surface area (Å²) in [4.78, 5) is 71.6. The summed E-state index contributed by atoms with van der Waals surface area (Å²) < 4.78 is 105. The zero-order valence-electron chi connectivity index (χ0n) is 38.6. The van der Waals surface area contributed by atoms with Gasteiger partial charge in [0.15, 0.2) is 15.2 Å². The van der Waals surface area contributed by atoms with E-state index in [1.54, 1.807) is 84.9 Å². The number of benzene rings is 1. The Balaban J connectivity index is 0.00000181. The number of aliphatic carboxylic acids is 1. The number of aryl methyl sites for hydroxylation is 1. The number of ether oxygens (including phenoxy) is 5. The molecule has 378 valence electrons. The van der Waals surface area contributed by atoms with Crippen molar-refractivity contribution in [3.8, 4) is 16.9 Å². The van der Waals surface area contributed by atoms with Gasteiger partial charge in [-0.05, 0) is 80.9 Å². The van der Waals surface area contributed by atoms with Crippen molar-refractivity contribution < 1.29 is 92.8 Å². The van der Waals surface area contributed by atoms with E-state index in [0.717, 1.165) is 17.4 Å². The van der Waals surface area contributed by atoms with Crippen LogP contribution in [-0.4, -0.2) is 112 Å². The van der Waals surface area contributed by atoms with Crippen LogP contribution < -0.4 is 25.4 Å². The number of rotatable bonds is 17. The molecule has 28 heteroatoms. The van der Waals surface area contributed by atoms with Crippen molar-refractivity contribution >= 4 is 68.3 Å². The molecule has 0 aliphatic heterocycles. The molecule has 3 rings (SSSR count). The monoisotopic (exact) mass is 1010 g/mol. The van der Waals surface area contributed by atoms with Gasteiger partial charge in [-0.15, -0.1) is 11.3 Å². The second-order valence-corrected chi connectivity index (χ2v) is 19.0. The van der Waals surface area contributed by atoms with Crippen LogP contribution in [0.3, 0.4) is 0 Å². The number of carboxylic acid groups (broad SMARTS) is 1. The number of carboxylic acids is 1. The van der Waals surface area contributed by atoms with Gasteiger partial charge in [0.25, 0.3) is 6.10 Å². The lowest BCUT2D eigenvalue weighted by Gasteiger charge is -2.23. The van der Waals surface area contributed by atoms with Crippen molar-refractivity contribution in [1.82, 2.24) is 15.0 Å². The Bertz CT molecular complexity index is 2420. The van der Waals surface area contributed by atoms with E-state index < -0.39 is 86.9 Å². The number of thiazole rings is 1. The van der Waals surface area contributed by atoms with Gasteiger partial charge in [-0.3, -0.25) is 5.32 Å². The molecule has 68 heavy (non-hydrogen) atoms. The molecule has 1 atom stereocenters. The number of oxime groups is 1. The van der Waals surface area contributed by atoms with E-state index in [1.165, 1.54) is 23.6 Å². The summed E-state index contributed by atoms with van der Waals surface area (Å²) in [5.74, 6) is -3.17. The third kappa shape index (κ3) is 20.1. The zero-order valence-corrected chi connectivity index (χ0v) is 40.2. The molecular formula is C40H53F4N7O15S2. The first-order chi connectivity index (χ1) is 31.1. The Morgan fingerprint density at radius 1 is 0.956 bits per heavy atom. The van der Waals surface area contributed by atoms with Gasteiger partial charge in [0.05, 0.1) is 18.3 Å². The Labute approximate surface area is 392 Å². The first-order valence-corrected chi connectivity index (χ1v) is 22.1. The summed E-state index contributed by atoms with van der Waals surface area (Å²) in [7, 11) is -4.44. The van der Waals surface area contributed by atoms with Crippen LogP contribution in [0.25, 0.3) is 11.1 Å². The minimum Gasteiger partial charge on any atom is -0.741 e. The maximum absolute atomic E-state index is 16.0. The van der Waals surface area contributed by atoms with Crippen LogP contribution in [0.5, 0.6) is 5.75 Å². The molecular weight excluding hydrogens is 959 g/mol. The minimum absolute atomic E-state index is 0.0131. The highest BCUT2D eigenvalue weighted by atomic mass is 32.2. The van der Waals surface area contributed by atoms with Crippen LogP contribution >= 0.6 is 11.3 Å². The Kier molecular flexibility index (Phi) is 20.3. The highest BCUT2D eigenvalue weighted by Gasteiger charge is 2.37. The van der Waals surface area contributed by atoms with Crippen LogP contribution in [0.1, 0.15) is 74.4 Å². The number of aromatic nitrogens is 3. The van der Waals surface area contributed by atoms with E-state index in [1.807, 2.05) is 0 Å². The van der Waals surface area contributed by atoms with Gasteiger partial charge in [-0.1, -0.05) is 17.8 Å². The van der Waals surface area contributed by atoms with E-state index in [2.05, 4.69) is 32.7 Å².